The second-order valence-electron chi connectivity index (χ2n) is 4.08. The van der Waals surface area contributed by atoms with Crippen LogP contribution in [0, 0.1) is 0 Å². The normalized spacial score (nSPS) is 10.7. The number of nitrogens with zero attached hydrogens (tertiary/aromatic N) is 2. The molecular weight excluding hydrogens is 338 g/mol. The lowest BCUT2D eigenvalue weighted by atomic mass is 10.3. The predicted octanol–water partition coefficient (Wildman–Crippen LogP) is 4.68. The van der Waals surface area contributed by atoms with Crippen molar-refractivity contribution in [2.45, 2.75) is 6.92 Å². The van der Waals surface area contributed by atoms with Gasteiger partial charge in [0.05, 0.1) is 5.39 Å². The summed E-state index contributed by atoms with van der Waals surface area (Å²) in [6.45, 7) is 2.78. The van der Waals surface area contributed by atoms with Gasteiger partial charge in [0, 0.05) is 11.0 Å². The number of rotatable bonds is 4. The van der Waals surface area contributed by atoms with E-state index in [1.807, 2.05) is 42.6 Å². The monoisotopic (exact) mass is 349 g/mol. The molecule has 0 fully saturated rings. The van der Waals surface area contributed by atoms with Crippen molar-refractivity contribution in [1.82, 2.24) is 9.97 Å². The first-order chi connectivity index (χ1) is 9.76. The standard InChI is InChI=1S/C14H12BrN3OS/c1-2-16-14-17-12(11-6-7-20-13(11)18-14)19-10-5-3-4-9(15)8-10/h3-8H,2H2,1H3,(H,16,17,18). The smallest absolute Gasteiger partial charge is 0.232 e. The maximum absolute atomic E-state index is 5.90. The van der Waals surface area contributed by atoms with Crippen LogP contribution in [0.1, 0.15) is 6.92 Å². The Bertz CT molecular complexity index is 744. The molecule has 4 nitrogen and oxygen atoms in total. The van der Waals surface area contributed by atoms with E-state index in [-0.39, 0.29) is 0 Å². The zero-order chi connectivity index (χ0) is 13.9. The summed E-state index contributed by atoms with van der Waals surface area (Å²) in [6, 6.07) is 9.67. The highest BCUT2D eigenvalue weighted by Crippen LogP contribution is 2.32. The van der Waals surface area contributed by atoms with Crippen molar-refractivity contribution in [2.24, 2.45) is 0 Å². The minimum Gasteiger partial charge on any atom is -0.438 e. The van der Waals surface area contributed by atoms with Crippen LogP contribution in [0.5, 0.6) is 11.6 Å². The van der Waals surface area contributed by atoms with Crippen molar-refractivity contribution in [3.63, 3.8) is 0 Å². The van der Waals surface area contributed by atoms with Crippen LogP contribution in [0.4, 0.5) is 5.95 Å². The van der Waals surface area contributed by atoms with E-state index in [1.54, 1.807) is 11.3 Å². The Balaban J connectivity index is 2.02. The van der Waals surface area contributed by atoms with Crippen molar-refractivity contribution >= 4 is 43.4 Å². The summed E-state index contributed by atoms with van der Waals surface area (Å²) in [4.78, 5) is 9.80. The molecule has 2 aromatic heterocycles. The van der Waals surface area contributed by atoms with Gasteiger partial charge >= 0.3 is 0 Å². The molecule has 0 bridgehead atoms. The second kappa shape index (κ2) is 5.76. The molecule has 0 saturated carbocycles. The van der Waals surface area contributed by atoms with Crippen LogP contribution in [0.3, 0.4) is 0 Å². The first-order valence-corrected chi connectivity index (χ1v) is 7.86. The van der Waals surface area contributed by atoms with Gasteiger partial charge in [-0.1, -0.05) is 22.0 Å². The van der Waals surface area contributed by atoms with Gasteiger partial charge in [-0.05, 0) is 36.6 Å². The molecule has 0 atom stereocenters. The molecule has 0 unspecified atom stereocenters. The number of hydrogen-bond acceptors (Lipinski definition) is 5. The van der Waals surface area contributed by atoms with Crippen LogP contribution in [0.2, 0.25) is 0 Å². The fraction of sp³-hybridized carbons (Fsp3) is 0.143. The lowest BCUT2D eigenvalue weighted by molar-refractivity contribution is 0.469. The highest BCUT2D eigenvalue weighted by atomic mass is 79.9. The zero-order valence-electron chi connectivity index (χ0n) is 10.8. The number of benzene rings is 1. The number of halogens is 1. The summed E-state index contributed by atoms with van der Waals surface area (Å²) in [7, 11) is 0. The van der Waals surface area contributed by atoms with E-state index in [2.05, 4.69) is 31.2 Å². The minimum atomic E-state index is 0.574. The molecule has 0 aliphatic heterocycles. The van der Waals surface area contributed by atoms with Crippen molar-refractivity contribution in [3.8, 4) is 11.6 Å². The van der Waals surface area contributed by atoms with E-state index in [0.29, 0.717) is 11.8 Å². The molecule has 3 rings (SSSR count). The fourth-order valence-electron chi connectivity index (χ4n) is 1.79. The van der Waals surface area contributed by atoms with Crippen LogP contribution in [-0.4, -0.2) is 16.5 Å². The summed E-state index contributed by atoms with van der Waals surface area (Å²) in [5.74, 6) is 1.91. The van der Waals surface area contributed by atoms with Gasteiger partial charge in [-0.25, -0.2) is 4.98 Å². The Labute approximate surface area is 129 Å². The molecule has 20 heavy (non-hydrogen) atoms. The summed E-state index contributed by atoms with van der Waals surface area (Å²) in [6.07, 6.45) is 0. The lowest BCUT2D eigenvalue weighted by Gasteiger charge is -2.08. The highest BCUT2D eigenvalue weighted by molar-refractivity contribution is 9.10. The van der Waals surface area contributed by atoms with Gasteiger partial charge < -0.3 is 10.1 Å². The summed E-state index contributed by atoms with van der Waals surface area (Å²) < 4.78 is 6.87. The van der Waals surface area contributed by atoms with E-state index in [0.717, 1.165) is 27.0 Å². The maximum Gasteiger partial charge on any atom is 0.232 e. The van der Waals surface area contributed by atoms with Gasteiger partial charge in [-0.15, -0.1) is 11.3 Å². The number of thiophene rings is 1. The highest BCUT2D eigenvalue weighted by Gasteiger charge is 2.10. The van der Waals surface area contributed by atoms with Crippen molar-refractivity contribution in [3.05, 3.63) is 40.2 Å². The van der Waals surface area contributed by atoms with Crippen LogP contribution in [-0.2, 0) is 0 Å². The van der Waals surface area contributed by atoms with Crippen molar-refractivity contribution < 1.29 is 4.74 Å². The minimum absolute atomic E-state index is 0.574. The Morgan fingerprint density at radius 1 is 1.30 bits per heavy atom. The maximum atomic E-state index is 5.90. The average molecular weight is 350 g/mol. The number of hydrogen-bond donors (Lipinski definition) is 1. The van der Waals surface area contributed by atoms with Gasteiger partial charge in [0.1, 0.15) is 10.6 Å². The molecule has 0 spiro atoms. The molecule has 6 heteroatoms. The molecule has 0 saturated heterocycles. The van der Waals surface area contributed by atoms with Gasteiger partial charge in [-0.3, -0.25) is 0 Å². The second-order valence-corrected chi connectivity index (χ2v) is 5.89. The van der Waals surface area contributed by atoms with Gasteiger partial charge in [0.15, 0.2) is 0 Å². The zero-order valence-corrected chi connectivity index (χ0v) is 13.2. The summed E-state index contributed by atoms with van der Waals surface area (Å²) in [5, 5.41) is 6.04. The molecule has 1 N–H and O–H groups in total. The molecule has 3 aromatic rings. The molecule has 102 valence electrons. The average Bonchev–Trinajstić information content (AvgIpc) is 2.87. The topological polar surface area (TPSA) is 47.0 Å². The van der Waals surface area contributed by atoms with E-state index >= 15 is 0 Å². The molecular formula is C14H12BrN3OS. The van der Waals surface area contributed by atoms with Gasteiger partial charge in [0.25, 0.3) is 0 Å². The predicted molar refractivity (Wildman–Crippen MR) is 85.8 cm³/mol. The summed E-state index contributed by atoms with van der Waals surface area (Å²) >= 11 is 5.01. The van der Waals surface area contributed by atoms with E-state index in [9.17, 15) is 0 Å². The molecule has 0 radical (unpaired) electrons. The Kier molecular flexibility index (Phi) is 3.84. The Hall–Kier alpha value is -1.66. The van der Waals surface area contributed by atoms with Crippen LogP contribution >= 0.6 is 27.3 Å². The van der Waals surface area contributed by atoms with Crippen LogP contribution in [0.15, 0.2) is 40.2 Å². The molecule has 1 aromatic carbocycles. The third-order valence-corrected chi connectivity index (χ3v) is 3.94. The molecule has 0 amide bonds. The van der Waals surface area contributed by atoms with Crippen LogP contribution in [0.25, 0.3) is 10.2 Å². The molecule has 2 heterocycles. The van der Waals surface area contributed by atoms with Crippen LogP contribution < -0.4 is 10.1 Å². The third kappa shape index (κ3) is 2.76. The number of aromatic nitrogens is 2. The first-order valence-electron chi connectivity index (χ1n) is 6.19. The first kappa shape index (κ1) is 13.3. The van der Waals surface area contributed by atoms with E-state index < -0.39 is 0 Å². The van der Waals surface area contributed by atoms with Gasteiger partial charge in [-0.2, -0.15) is 4.98 Å². The Morgan fingerprint density at radius 2 is 2.20 bits per heavy atom. The molecule has 0 aliphatic rings. The number of ether oxygens (including phenoxy) is 1. The number of nitrogens with one attached hydrogen (secondary N) is 1. The SMILES string of the molecule is CCNc1nc(Oc2cccc(Br)c2)c2ccsc2n1. The third-order valence-electron chi connectivity index (χ3n) is 2.64. The molecule has 0 aliphatic carbocycles. The largest absolute Gasteiger partial charge is 0.438 e. The quantitative estimate of drug-likeness (QED) is 0.742. The number of anilines is 1. The van der Waals surface area contributed by atoms with Crippen molar-refractivity contribution in [2.75, 3.05) is 11.9 Å². The van der Waals surface area contributed by atoms with E-state index in [1.165, 1.54) is 0 Å². The summed E-state index contributed by atoms with van der Waals surface area (Å²) in [5.41, 5.74) is 0. The fourth-order valence-corrected chi connectivity index (χ4v) is 2.92. The van der Waals surface area contributed by atoms with Gasteiger partial charge in [0.2, 0.25) is 11.8 Å². The van der Waals surface area contributed by atoms with E-state index in [4.69, 9.17) is 4.74 Å². The lowest BCUT2D eigenvalue weighted by Crippen LogP contribution is -2.02. The number of fused-ring (bicyclic) bond motifs is 1. The Morgan fingerprint density at radius 3 is 3.00 bits per heavy atom. The van der Waals surface area contributed by atoms with Crippen molar-refractivity contribution in [1.29, 1.82) is 0 Å².